The third-order valence-electron chi connectivity index (χ3n) is 5.61. The van der Waals surface area contributed by atoms with Crippen LogP contribution < -0.4 is 5.73 Å². The second-order valence-electron chi connectivity index (χ2n) is 7.83. The van der Waals surface area contributed by atoms with Crippen molar-refractivity contribution in [1.82, 2.24) is 9.78 Å². The van der Waals surface area contributed by atoms with Crippen molar-refractivity contribution in [2.75, 3.05) is 0 Å². The molecule has 1 atom stereocenters. The fourth-order valence-corrected chi connectivity index (χ4v) is 3.91. The molecule has 2 N–H and O–H groups in total. The van der Waals surface area contributed by atoms with E-state index in [2.05, 4.69) is 5.10 Å². The minimum atomic E-state index is -4.84. The summed E-state index contributed by atoms with van der Waals surface area (Å²) >= 11 is 0. The number of amides is 1. The van der Waals surface area contributed by atoms with Crippen molar-refractivity contribution < 1.29 is 27.2 Å². The lowest BCUT2D eigenvalue weighted by Crippen LogP contribution is -2.28. The summed E-state index contributed by atoms with van der Waals surface area (Å²) in [7, 11) is 0. The van der Waals surface area contributed by atoms with Crippen molar-refractivity contribution in [3.63, 3.8) is 0 Å². The van der Waals surface area contributed by atoms with Crippen molar-refractivity contribution in [2.45, 2.75) is 18.0 Å². The van der Waals surface area contributed by atoms with Crippen molar-refractivity contribution in [3.05, 3.63) is 107 Å². The zero-order chi connectivity index (χ0) is 25.4. The minimum absolute atomic E-state index is 0.0116. The molecule has 1 aliphatic rings. The lowest BCUT2D eigenvalue weighted by Gasteiger charge is -2.28. The molecule has 0 spiro atoms. The van der Waals surface area contributed by atoms with Gasteiger partial charge in [-0.2, -0.15) is 23.5 Å². The van der Waals surface area contributed by atoms with Gasteiger partial charge in [0.05, 0.1) is 11.6 Å². The molecule has 0 fully saturated rings. The maximum absolute atomic E-state index is 15.7. The van der Waals surface area contributed by atoms with E-state index in [9.17, 15) is 28.0 Å². The first kappa shape index (κ1) is 23.6. The Bertz CT molecular complexity index is 1430. The Hall–Kier alpha value is -4.52. The van der Waals surface area contributed by atoms with Gasteiger partial charge in [-0.25, -0.2) is 9.07 Å². The van der Waals surface area contributed by atoms with Crippen LogP contribution in [0.4, 0.5) is 17.6 Å². The van der Waals surface area contributed by atoms with Crippen LogP contribution in [0.15, 0.2) is 72.8 Å². The summed E-state index contributed by atoms with van der Waals surface area (Å²) in [5.41, 5.74) is 1.52. The Morgan fingerprint density at radius 2 is 1.83 bits per heavy atom. The fraction of sp³-hybridized carbons (Fsp3) is 0.120. The van der Waals surface area contributed by atoms with E-state index in [1.165, 1.54) is 48.6 Å². The minimum Gasteiger partial charge on any atom is -0.364 e. The van der Waals surface area contributed by atoms with Gasteiger partial charge in [0.15, 0.2) is 11.5 Å². The van der Waals surface area contributed by atoms with Gasteiger partial charge in [0.1, 0.15) is 16.9 Å². The highest BCUT2D eigenvalue weighted by atomic mass is 19.4. The average Bonchev–Trinajstić information content (AvgIpc) is 3.31. The van der Waals surface area contributed by atoms with E-state index < -0.39 is 40.5 Å². The number of nitrogens with zero attached hydrogens (tertiary/aromatic N) is 3. The van der Waals surface area contributed by atoms with Gasteiger partial charge in [0.2, 0.25) is 0 Å². The number of alkyl halides is 3. The van der Waals surface area contributed by atoms with Gasteiger partial charge < -0.3 is 5.73 Å². The highest BCUT2D eigenvalue weighted by Gasteiger charge is 2.40. The molecule has 3 aromatic rings. The molecular formula is C25H16F4N4O2. The number of halogens is 4. The Labute approximate surface area is 196 Å². The number of carbonyl (C=O) groups excluding carboxylic acids is 2. The molecule has 10 heteroatoms. The maximum atomic E-state index is 15.7. The number of hydrogen-bond acceptors (Lipinski definition) is 4. The Morgan fingerprint density at radius 3 is 2.46 bits per heavy atom. The zero-order valence-corrected chi connectivity index (χ0v) is 17.9. The van der Waals surface area contributed by atoms with Crippen LogP contribution in [-0.2, 0) is 11.6 Å². The number of ketones is 1. The predicted molar refractivity (Wildman–Crippen MR) is 117 cm³/mol. The monoisotopic (exact) mass is 480 g/mol. The van der Waals surface area contributed by atoms with Gasteiger partial charge in [0.25, 0.3) is 5.91 Å². The first-order valence-corrected chi connectivity index (χ1v) is 10.2. The summed E-state index contributed by atoms with van der Waals surface area (Å²) < 4.78 is 56.0. The first-order chi connectivity index (χ1) is 16.6. The molecule has 1 aliphatic carbocycles. The molecule has 0 saturated carbocycles. The van der Waals surface area contributed by atoms with Crippen LogP contribution in [0.5, 0.6) is 0 Å². The molecule has 1 unspecified atom stereocenters. The van der Waals surface area contributed by atoms with E-state index in [0.29, 0.717) is 10.7 Å². The van der Waals surface area contributed by atoms with Gasteiger partial charge in [0, 0.05) is 29.3 Å². The molecule has 6 nitrogen and oxygen atoms in total. The third-order valence-corrected chi connectivity index (χ3v) is 5.61. The third kappa shape index (κ3) is 4.24. The van der Waals surface area contributed by atoms with Crippen molar-refractivity contribution in [1.29, 1.82) is 5.26 Å². The van der Waals surface area contributed by atoms with Crippen LogP contribution in [0.3, 0.4) is 0 Å². The Morgan fingerprint density at radius 1 is 1.11 bits per heavy atom. The lowest BCUT2D eigenvalue weighted by molar-refractivity contribution is -0.141. The summed E-state index contributed by atoms with van der Waals surface area (Å²) in [6.45, 7) is 0. The second-order valence-corrected chi connectivity index (χ2v) is 7.83. The smallest absolute Gasteiger partial charge is 0.364 e. The van der Waals surface area contributed by atoms with Gasteiger partial charge in [-0.1, -0.05) is 54.6 Å². The van der Waals surface area contributed by atoms with E-state index in [1.54, 1.807) is 18.2 Å². The number of primary amides is 1. The van der Waals surface area contributed by atoms with Crippen LogP contribution in [0, 0.1) is 17.1 Å². The highest BCUT2D eigenvalue weighted by Crippen LogP contribution is 2.40. The van der Waals surface area contributed by atoms with E-state index in [0.717, 1.165) is 0 Å². The number of carbonyl (C=O) groups is 2. The molecule has 0 saturated heterocycles. The largest absolute Gasteiger partial charge is 0.435 e. The molecule has 1 aromatic heterocycles. The van der Waals surface area contributed by atoms with Crippen LogP contribution in [0.25, 0.3) is 5.70 Å². The lowest BCUT2D eigenvalue weighted by atomic mass is 9.74. The first-order valence-electron chi connectivity index (χ1n) is 10.2. The number of hydrogen-bond donors (Lipinski definition) is 1. The number of rotatable bonds is 5. The summed E-state index contributed by atoms with van der Waals surface area (Å²) in [4.78, 5) is 24.7. The molecule has 2 aromatic carbocycles. The number of aromatic nitrogens is 2. The molecule has 1 amide bonds. The molecule has 35 heavy (non-hydrogen) atoms. The Balaban J connectivity index is 1.78. The average molecular weight is 480 g/mol. The molecule has 4 rings (SSSR count). The number of allylic oxidation sites excluding steroid dienone is 4. The Kier molecular flexibility index (Phi) is 5.86. The predicted octanol–water partition coefficient (Wildman–Crippen LogP) is 4.63. The van der Waals surface area contributed by atoms with E-state index in [-0.39, 0.29) is 28.8 Å². The van der Waals surface area contributed by atoms with Crippen LogP contribution >= 0.6 is 0 Å². The van der Waals surface area contributed by atoms with Gasteiger partial charge in [-0.15, -0.1) is 0 Å². The van der Waals surface area contributed by atoms with Crippen molar-refractivity contribution in [2.24, 2.45) is 5.73 Å². The molecule has 0 aliphatic heterocycles. The van der Waals surface area contributed by atoms with Gasteiger partial charge in [-0.3, -0.25) is 9.59 Å². The standard InChI is InChI=1S/C25H16F4N4O2/c26-21-17(22(34)15-6-2-1-3-7-15)9-4-10-18(21)24(14-30)11-5-8-16(13-24)33-19(23(31)35)12-20(32-33)25(27,28)29/h1-12H,13H2,(H2,31,35). The summed E-state index contributed by atoms with van der Waals surface area (Å²) in [6.07, 6.45) is -1.09. The quantitative estimate of drug-likeness (QED) is 0.425. The molecule has 0 radical (unpaired) electrons. The number of nitriles is 1. The van der Waals surface area contributed by atoms with Crippen LogP contribution in [0.1, 0.15) is 44.1 Å². The van der Waals surface area contributed by atoms with Gasteiger partial charge >= 0.3 is 6.18 Å². The van der Waals surface area contributed by atoms with Crippen molar-refractivity contribution >= 4 is 17.4 Å². The van der Waals surface area contributed by atoms with Crippen LogP contribution in [0.2, 0.25) is 0 Å². The molecule has 176 valence electrons. The molecular weight excluding hydrogens is 464 g/mol. The second kappa shape index (κ2) is 8.68. The van der Waals surface area contributed by atoms with Crippen molar-refractivity contribution in [3.8, 4) is 6.07 Å². The summed E-state index contributed by atoms with van der Waals surface area (Å²) in [6, 6.07) is 14.6. The normalized spacial score (nSPS) is 17.5. The van der Waals surface area contributed by atoms with E-state index in [1.807, 2.05) is 6.07 Å². The fourth-order valence-electron chi connectivity index (χ4n) is 3.91. The zero-order valence-electron chi connectivity index (χ0n) is 17.9. The summed E-state index contributed by atoms with van der Waals surface area (Å²) in [5.74, 6) is -2.68. The van der Waals surface area contributed by atoms with Crippen LogP contribution in [-0.4, -0.2) is 21.5 Å². The number of benzene rings is 2. The maximum Gasteiger partial charge on any atom is 0.435 e. The van der Waals surface area contributed by atoms with Gasteiger partial charge in [-0.05, 0) is 12.1 Å². The highest BCUT2D eigenvalue weighted by molar-refractivity contribution is 6.09. The topological polar surface area (TPSA) is 102 Å². The van der Waals surface area contributed by atoms with E-state index in [4.69, 9.17) is 5.73 Å². The SMILES string of the molecule is N#CC1(c2cccc(C(=O)c3ccccc3)c2F)C=CC=C(n2nc(C(F)(F)F)cc2C(N)=O)C1. The molecule has 0 bridgehead atoms. The molecule has 1 heterocycles. The number of nitrogens with two attached hydrogens (primary N) is 1. The van der Waals surface area contributed by atoms with E-state index >= 15 is 4.39 Å². The summed E-state index contributed by atoms with van der Waals surface area (Å²) in [5, 5.41) is 13.5.